The summed E-state index contributed by atoms with van der Waals surface area (Å²) in [5.74, 6) is 0.120. The molecule has 2 rings (SSSR count). The molecule has 2 aromatic rings. The van der Waals surface area contributed by atoms with Gasteiger partial charge in [-0.05, 0) is 57.7 Å². The van der Waals surface area contributed by atoms with Gasteiger partial charge in [0.2, 0.25) is 5.91 Å². The Kier molecular flexibility index (Phi) is 13.3. The SMILES string of the molecule is CCCCC(CC)c1csc(NC(=O)CNC(=O)OC(C)(C)C)n1.CCCc1ccncc1. The quantitative estimate of drug-likeness (QED) is 0.418. The first-order valence-corrected chi connectivity index (χ1v) is 12.7. The maximum absolute atomic E-state index is 11.9. The largest absolute Gasteiger partial charge is 0.444 e. The molecule has 0 radical (unpaired) electrons. The van der Waals surface area contributed by atoms with E-state index in [4.69, 9.17) is 4.74 Å². The molecule has 7 nitrogen and oxygen atoms in total. The van der Waals surface area contributed by atoms with Crippen LogP contribution in [0.15, 0.2) is 29.9 Å². The van der Waals surface area contributed by atoms with Gasteiger partial charge in [-0.15, -0.1) is 11.3 Å². The summed E-state index contributed by atoms with van der Waals surface area (Å²) >= 11 is 1.41. The number of anilines is 1. The summed E-state index contributed by atoms with van der Waals surface area (Å²) in [5, 5.41) is 7.71. The predicted octanol–water partition coefficient (Wildman–Crippen LogP) is 6.32. The number of rotatable bonds is 10. The van der Waals surface area contributed by atoms with Crippen LogP contribution in [-0.4, -0.2) is 34.1 Å². The predicted molar refractivity (Wildman–Crippen MR) is 136 cm³/mol. The van der Waals surface area contributed by atoms with Crippen LogP contribution in [0.5, 0.6) is 0 Å². The number of unbranched alkanes of at least 4 members (excludes halogenated alkanes) is 1. The Morgan fingerprint density at radius 2 is 1.82 bits per heavy atom. The highest BCUT2D eigenvalue weighted by Gasteiger charge is 2.17. The van der Waals surface area contributed by atoms with Crippen molar-refractivity contribution in [3.05, 3.63) is 41.2 Å². The highest BCUT2D eigenvalue weighted by molar-refractivity contribution is 7.13. The number of hydrogen-bond acceptors (Lipinski definition) is 6. The molecule has 184 valence electrons. The van der Waals surface area contributed by atoms with E-state index >= 15 is 0 Å². The van der Waals surface area contributed by atoms with E-state index in [1.54, 1.807) is 20.8 Å². The number of alkyl carbamates (subject to hydrolysis) is 1. The van der Waals surface area contributed by atoms with Crippen LogP contribution in [0, 0.1) is 0 Å². The number of aryl methyl sites for hydroxylation is 1. The third kappa shape index (κ3) is 13.0. The van der Waals surface area contributed by atoms with Gasteiger partial charge >= 0.3 is 6.09 Å². The number of aromatic nitrogens is 2. The molecule has 0 aromatic carbocycles. The second-order valence-electron chi connectivity index (χ2n) is 8.83. The molecule has 2 N–H and O–H groups in total. The summed E-state index contributed by atoms with van der Waals surface area (Å²) < 4.78 is 5.08. The van der Waals surface area contributed by atoms with Gasteiger partial charge in [0.25, 0.3) is 0 Å². The molecule has 0 fully saturated rings. The van der Waals surface area contributed by atoms with Crippen molar-refractivity contribution in [1.29, 1.82) is 0 Å². The third-order valence-corrected chi connectivity index (χ3v) is 5.44. The van der Waals surface area contributed by atoms with Crippen LogP contribution >= 0.6 is 11.3 Å². The highest BCUT2D eigenvalue weighted by atomic mass is 32.1. The summed E-state index contributed by atoms with van der Waals surface area (Å²) in [6.45, 7) is 11.7. The number of thiazole rings is 1. The van der Waals surface area contributed by atoms with E-state index < -0.39 is 11.7 Å². The summed E-state index contributed by atoms with van der Waals surface area (Å²) in [6, 6.07) is 4.12. The molecule has 33 heavy (non-hydrogen) atoms. The van der Waals surface area contributed by atoms with Crippen LogP contribution in [0.25, 0.3) is 0 Å². The molecule has 1 atom stereocenters. The summed E-state index contributed by atoms with van der Waals surface area (Å²) in [7, 11) is 0. The zero-order valence-electron chi connectivity index (χ0n) is 20.9. The Labute approximate surface area is 202 Å². The molecule has 0 aliphatic heterocycles. The fraction of sp³-hybridized carbons (Fsp3) is 0.600. The monoisotopic (exact) mass is 476 g/mol. The van der Waals surface area contributed by atoms with Crippen molar-refractivity contribution >= 4 is 28.5 Å². The molecule has 8 heteroatoms. The van der Waals surface area contributed by atoms with Crippen molar-refractivity contribution in [1.82, 2.24) is 15.3 Å². The first kappa shape index (κ1) is 28.6. The van der Waals surface area contributed by atoms with Crippen molar-refractivity contribution in [3.8, 4) is 0 Å². The Morgan fingerprint density at radius 1 is 1.12 bits per heavy atom. The van der Waals surface area contributed by atoms with Gasteiger partial charge in [-0.2, -0.15) is 0 Å². The van der Waals surface area contributed by atoms with Crippen molar-refractivity contribution in [2.45, 2.75) is 91.6 Å². The van der Waals surface area contributed by atoms with Gasteiger partial charge in [0, 0.05) is 23.7 Å². The standard InChI is InChI=1S/C17H29N3O3S.C8H11N/c1-6-8-9-12(7-2)13-11-24-15(19-13)20-14(21)10-18-16(22)23-17(3,4)5;1-2-3-8-4-6-9-7-5-8/h11-12H,6-10H2,1-5H3,(H,18,22)(H,19,20,21);4-7H,2-3H2,1H3. The zero-order chi connectivity index (χ0) is 24.7. The molecule has 0 bridgehead atoms. The van der Waals surface area contributed by atoms with E-state index in [1.807, 2.05) is 17.8 Å². The van der Waals surface area contributed by atoms with E-state index in [9.17, 15) is 9.59 Å². The lowest BCUT2D eigenvalue weighted by Crippen LogP contribution is -2.37. The smallest absolute Gasteiger partial charge is 0.408 e. The Hall–Kier alpha value is -2.48. The summed E-state index contributed by atoms with van der Waals surface area (Å²) in [4.78, 5) is 31.8. The molecule has 0 saturated carbocycles. The molecule has 0 aliphatic rings. The number of hydrogen-bond donors (Lipinski definition) is 2. The molecule has 2 heterocycles. The van der Waals surface area contributed by atoms with Gasteiger partial charge < -0.3 is 15.4 Å². The number of nitrogens with one attached hydrogen (secondary N) is 2. The van der Waals surface area contributed by atoms with E-state index in [1.165, 1.54) is 42.6 Å². The van der Waals surface area contributed by atoms with Gasteiger partial charge in [0.15, 0.2) is 5.13 Å². The maximum Gasteiger partial charge on any atom is 0.408 e. The molecule has 0 spiro atoms. The van der Waals surface area contributed by atoms with Gasteiger partial charge in [-0.1, -0.05) is 40.0 Å². The fourth-order valence-electron chi connectivity index (χ4n) is 3.01. The number of amides is 2. The number of carbonyl (C=O) groups excluding carboxylic acids is 2. The number of nitrogens with zero attached hydrogens (tertiary/aromatic N) is 2. The Morgan fingerprint density at radius 3 is 2.39 bits per heavy atom. The summed E-state index contributed by atoms with van der Waals surface area (Å²) in [5.41, 5.74) is 1.83. The van der Waals surface area contributed by atoms with E-state index in [2.05, 4.69) is 53.5 Å². The minimum atomic E-state index is -0.608. The normalized spacial score (nSPS) is 11.7. The summed E-state index contributed by atoms with van der Waals surface area (Å²) in [6.07, 6.45) is 9.95. The van der Waals surface area contributed by atoms with Crippen LogP contribution in [0.3, 0.4) is 0 Å². The lowest BCUT2D eigenvalue weighted by molar-refractivity contribution is -0.115. The maximum atomic E-state index is 11.9. The van der Waals surface area contributed by atoms with Crippen molar-refractivity contribution < 1.29 is 14.3 Å². The average molecular weight is 477 g/mol. The van der Waals surface area contributed by atoms with Crippen LogP contribution < -0.4 is 10.6 Å². The van der Waals surface area contributed by atoms with Crippen LogP contribution in [-0.2, 0) is 16.0 Å². The number of ether oxygens (including phenoxy) is 1. The minimum Gasteiger partial charge on any atom is -0.444 e. The van der Waals surface area contributed by atoms with Crippen LogP contribution in [0.4, 0.5) is 9.93 Å². The van der Waals surface area contributed by atoms with Crippen molar-refractivity contribution in [3.63, 3.8) is 0 Å². The molecule has 0 saturated heterocycles. The Balaban J connectivity index is 0.000000502. The topological polar surface area (TPSA) is 93.2 Å². The minimum absolute atomic E-state index is 0.142. The van der Waals surface area contributed by atoms with Crippen molar-refractivity contribution in [2.24, 2.45) is 0 Å². The van der Waals surface area contributed by atoms with Gasteiger partial charge in [-0.25, -0.2) is 9.78 Å². The van der Waals surface area contributed by atoms with Gasteiger partial charge in [0.1, 0.15) is 12.1 Å². The molecule has 2 amide bonds. The Bertz CT molecular complexity index is 819. The molecular formula is C25H40N4O3S. The second kappa shape index (κ2) is 15.4. The molecule has 1 unspecified atom stereocenters. The second-order valence-corrected chi connectivity index (χ2v) is 9.69. The lowest BCUT2D eigenvalue weighted by Gasteiger charge is -2.19. The molecular weight excluding hydrogens is 436 g/mol. The molecule has 2 aromatic heterocycles. The fourth-order valence-corrected chi connectivity index (χ4v) is 3.82. The lowest BCUT2D eigenvalue weighted by atomic mass is 9.97. The van der Waals surface area contributed by atoms with E-state index in [-0.39, 0.29) is 12.5 Å². The average Bonchev–Trinajstić information content (AvgIpc) is 3.21. The number of carbonyl (C=O) groups is 2. The first-order valence-electron chi connectivity index (χ1n) is 11.8. The van der Waals surface area contributed by atoms with Crippen LogP contribution in [0.2, 0.25) is 0 Å². The van der Waals surface area contributed by atoms with Gasteiger partial charge in [-0.3, -0.25) is 9.78 Å². The van der Waals surface area contributed by atoms with Gasteiger partial charge in [0.05, 0.1) is 5.69 Å². The first-order chi connectivity index (χ1) is 15.7. The molecule has 0 aliphatic carbocycles. The van der Waals surface area contributed by atoms with Crippen LogP contribution in [0.1, 0.15) is 90.8 Å². The number of pyridine rings is 1. The zero-order valence-corrected chi connectivity index (χ0v) is 21.8. The third-order valence-electron chi connectivity index (χ3n) is 4.67. The van der Waals surface area contributed by atoms with E-state index in [0.29, 0.717) is 11.0 Å². The van der Waals surface area contributed by atoms with E-state index in [0.717, 1.165) is 18.5 Å². The highest BCUT2D eigenvalue weighted by Crippen LogP contribution is 2.28. The van der Waals surface area contributed by atoms with Crippen molar-refractivity contribution in [2.75, 3.05) is 11.9 Å².